The number of piperidine rings is 1. The van der Waals surface area contributed by atoms with Crippen LogP contribution in [0, 0.1) is 0 Å². The first-order valence-electron chi connectivity index (χ1n) is 7.85. The van der Waals surface area contributed by atoms with Gasteiger partial charge in [0.15, 0.2) is 5.78 Å². The quantitative estimate of drug-likeness (QED) is 0.744. The molecule has 3 nitrogen and oxygen atoms in total. The Hall–Kier alpha value is -1.35. The lowest BCUT2D eigenvalue weighted by Gasteiger charge is -2.25. The summed E-state index contributed by atoms with van der Waals surface area (Å²) in [5, 5.41) is 0. The minimum atomic E-state index is 0.248. The molecular weight excluding hydrogens is 248 g/mol. The second-order valence-corrected chi connectivity index (χ2v) is 5.48. The van der Waals surface area contributed by atoms with E-state index in [1.807, 2.05) is 12.1 Å². The first-order valence-corrected chi connectivity index (χ1v) is 7.85. The molecule has 0 radical (unpaired) electrons. The number of ketones is 1. The van der Waals surface area contributed by atoms with Crippen molar-refractivity contribution in [3.05, 3.63) is 29.8 Å². The fraction of sp³-hybridized carbons (Fsp3) is 0.588. The van der Waals surface area contributed by atoms with Crippen LogP contribution in [0.1, 0.15) is 43.5 Å². The maximum Gasteiger partial charge on any atom is 0.176 e. The molecule has 20 heavy (non-hydrogen) atoms. The number of anilines is 1. The van der Waals surface area contributed by atoms with Crippen LogP contribution in [0.5, 0.6) is 0 Å². The van der Waals surface area contributed by atoms with E-state index in [9.17, 15) is 4.79 Å². The lowest BCUT2D eigenvalue weighted by molar-refractivity contribution is 0.0915. The van der Waals surface area contributed by atoms with Gasteiger partial charge in [0.25, 0.3) is 0 Å². The Kier molecular flexibility index (Phi) is 5.60. The average Bonchev–Trinajstić information content (AvgIpc) is 2.50. The van der Waals surface area contributed by atoms with Crippen LogP contribution in [-0.2, 0) is 0 Å². The van der Waals surface area contributed by atoms with E-state index in [0.717, 1.165) is 31.7 Å². The molecule has 0 saturated carbocycles. The summed E-state index contributed by atoms with van der Waals surface area (Å²) in [6, 6.07) is 8.08. The van der Waals surface area contributed by atoms with Crippen molar-refractivity contribution in [2.24, 2.45) is 0 Å². The lowest BCUT2D eigenvalue weighted by Crippen LogP contribution is -2.34. The normalized spacial score (nSPS) is 16.1. The van der Waals surface area contributed by atoms with E-state index in [4.69, 9.17) is 0 Å². The first kappa shape index (κ1) is 15.0. The van der Waals surface area contributed by atoms with Gasteiger partial charge in [-0.1, -0.05) is 6.42 Å². The van der Waals surface area contributed by atoms with Crippen molar-refractivity contribution in [3.8, 4) is 0 Å². The summed E-state index contributed by atoms with van der Waals surface area (Å²) >= 11 is 0. The third kappa shape index (κ3) is 3.83. The van der Waals surface area contributed by atoms with Gasteiger partial charge in [-0.2, -0.15) is 0 Å². The second kappa shape index (κ2) is 7.44. The van der Waals surface area contributed by atoms with Crippen molar-refractivity contribution in [2.75, 3.05) is 37.6 Å². The smallest absolute Gasteiger partial charge is 0.176 e. The van der Waals surface area contributed by atoms with Crippen LogP contribution in [0.2, 0.25) is 0 Å². The zero-order valence-electron chi connectivity index (χ0n) is 12.8. The Bertz CT molecular complexity index is 417. The molecule has 0 amide bonds. The van der Waals surface area contributed by atoms with E-state index in [1.165, 1.54) is 24.9 Å². The third-order valence-electron chi connectivity index (χ3n) is 4.13. The Balaban J connectivity index is 1.96. The van der Waals surface area contributed by atoms with Crippen molar-refractivity contribution in [1.82, 2.24) is 4.90 Å². The number of likely N-dealkylation sites (tertiary alicyclic amines) is 1. The first-order chi connectivity index (χ1) is 9.74. The van der Waals surface area contributed by atoms with Crippen LogP contribution >= 0.6 is 0 Å². The highest BCUT2D eigenvalue weighted by atomic mass is 16.1. The highest BCUT2D eigenvalue weighted by Gasteiger charge is 2.15. The lowest BCUT2D eigenvalue weighted by atomic mass is 10.1. The Morgan fingerprint density at radius 1 is 1.05 bits per heavy atom. The van der Waals surface area contributed by atoms with Gasteiger partial charge in [-0.15, -0.1) is 0 Å². The molecule has 1 fully saturated rings. The molecule has 1 aromatic carbocycles. The molecule has 0 N–H and O–H groups in total. The number of rotatable bonds is 6. The number of carbonyl (C=O) groups is 1. The van der Waals surface area contributed by atoms with Gasteiger partial charge < -0.3 is 4.90 Å². The second-order valence-electron chi connectivity index (χ2n) is 5.48. The Morgan fingerprint density at radius 3 is 2.20 bits per heavy atom. The molecule has 1 saturated heterocycles. The molecule has 0 atom stereocenters. The van der Waals surface area contributed by atoms with E-state index >= 15 is 0 Å². The van der Waals surface area contributed by atoms with E-state index < -0.39 is 0 Å². The van der Waals surface area contributed by atoms with Gasteiger partial charge >= 0.3 is 0 Å². The molecule has 0 bridgehead atoms. The highest BCUT2D eigenvalue weighted by molar-refractivity contribution is 5.97. The molecule has 110 valence electrons. The van der Waals surface area contributed by atoms with Crippen LogP contribution in [0.25, 0.3) is 0 Å². The molecule has 2 rings (SSSR count). The Labute approximate surface area is 122 Å². The monoisotopic (exact) mass is 274 g/mol. The molecule has 0 aliphatic carbocycles. The predicted octanol–water partition coefficient (Wildman–Crippen LogP) is 3.20. The van der Waals surface area contributed by atoms with Crippen LogP contribution < -0.4 is 4.90 Å². The fourth-order valence-corrected chi connectivity index (χ4v) is 2.86. The largest absolute Gasteiger partial charge is 0.372 e. The summed E-state index contributed by atoms with van der Waals surface area (Å²) in [5.41, 5.74) is 2.04. The van der Waals surface area contributed by atoms with Gasteiger partial charge in [-0.3, -0.25) is 9.69 Å². The van der Waals surface area contributed by atoms with Gasteiger partial charge in [0, 0.05) is 24.3 Å². The molecule has 0 unspecified atom stereocenters. The molecule has 0 aromatic heterocycles. The fourth-order valence-electron chi connectivity index (χ4n) is 2.86. The number of benzene rings is 1. The topological polar surface area (TPSA) is 23.6 Å². The number of carbonyl (C=O) groups excluding carboxylic acids is 1. The van der Waals surface area contributed by atoms with E-state index in [2.05, 4.69) is 35.8 Å². The van der Waals surface area contributed by atoms with Gasteiger partial charge in [-0.25, -0.2) is 0 Å². The molecule has 3 heteroatoms. The summed E-state index contributed by atoms with van der Waals surface area (Å²) in [4.78, 5) is 16.9. The van der Waals surface area contributed by atoms with Gasteiger partial charge in [-0.05, 0) is 64.0 Å². The molecule has 1 aliphatic rings. The molecular formula is C17H26N2O. The van der Waals surface area contributed by atoms with Crippen LogP contribution in [0.3, 0.4) is 0 Å². The van der Waals surface area contributed by atoms with Crippen molar-refractivity contribution >= 4 is 11.5 Å². The molecule has 1 heterocycles. The summed E-state index contributed by atoms with van der Waals surface area (Å²) in [6.07, 6.45) is 3.77. The molecule has 1 aliphatic heterocycles. The van der Waals surface area contributed by atoms with Gasteiger partial charge in [0.2, 0.25) is 0 Å². The van der Waals surface area contributed by atoms with E-state index in [-0.39, 0.29) is 5.78 Å². The van der Waals surface area contributed by atoms with Crippen LogP contribution in [0.15, 0.2) is 24.3 Å². The van der Waals surface area contributed by atoms with Crippen molar-refractivity contribution < 1.29 is 4.79 Å². The maximum atomic E-state index is 12.3. The van der Waals surface area contributed by atoms with Crippen LogP contribution in [0.4, 0.5) is 5.69 Å². The number of Topliss-reactive ketones (excluding diaryl/α,β-unsaturated/α-hetero) is 1. The SMILES string of the molecule is CCN(CC)c1ccc(C(=O)CN2CCCCC2)cc1. The molecule has 1 aromatic rings. The standard InChI is InChI=1S/C17H26N2O/c1-3-19(4-2)16-10-8-15(9-11-16)17(20)14-18-12-6-5-7-13-18/h8-11H,3-7,12-14H2,1-2H3. The van der Waals surface area contributed by atoms with Crippen LogP contribution in [-0.4, -0.2) is 43.4 Å². The van der Waals surface area contributed by atoms with E-state index in [1.54, 1.807) is 0 Å². The van der Waals surface area contributed by atoms with Crippen molar-refractivity contribution in [1.29, 1.82) is 0 Å². The minimum absolute atomic E-state index is 0.248. The zero-order chi connectivity index (χ0) is 14.4. The Morgan fingerprint density at radius 2 is 1.65 bits per heavy atom. The minimum Gasteiger partial charge on any atom is -0.372 e. The summed E-state index contributed by atoms with van der Waals surface area (Å²) < 4.78 is 0. The predicted molar refractivity (Wildman–Crippen MR) is 84.6 cm³/mol. The van der Waals surface area contributed by atoms with Crippen molar-refractivity contribution in [3.63, 3.8) is 0 Å². The maximum absolute atomic E-state index is 12.3. The van der Waals surface area contributed by atoms with Crippen molar-refractivity contribution in [2.45, 2.75) is 33.1 Å². The van der Waals surface area contributed by atoms with Gasteiger partial charge in [0.1, 0.15) is 0 Å². The van der Waals surface area contributed by atoms with Gasteiger partial charge in [0.05, 0.1) is 6.54 Å². The summed E-state index contributed by atoms with van der Waals surface area (Å²) in [6.45, 7) is 9.02. The molecule has 0 spiro atoms. The summed E-state index contributed by atoms with van der Waals surface area (Å²) in [7, 11) is 0. The number of hydrogen-bond donors (Lipinski definition) is 0. The summed E-state index contributed by atoms with van der Waals surface area (Å²) in [5.74, 6) is 0.248. The zero-order valence-corrected chi connectivity index (χ0v) is 12.8. The van der Waals surface area contributed by atoms with E-state index in [0.29, 0.717) is 6.54 Å². The number of hydrogen-bond acceptors (Lipinski definition) is 3. The number of nitrogens with zero attached hydrogens (tertiary/aromatic N) is 2. The highest BCUT2D eigenvalue weighted by Crippen LogP contribution is 2.16. The third-order valence-corrected chi connectivity index (χ3v) is 4.13. The average molecular weight is 274 g/mol.